The molecule has 17 heavy (non-hydrogen) atoms. The molecule has 2 rings (SSSR count). The van der Waals surface area contributed by atoms with E-state index in [0.29, 0.717) is 17.2 Å². The van der Waals surface area contributed by atoms with E-state index in [4.69, 9.17) is 5.73 Å². The molecule has 0 aliphatic heterocycles. The molecule has 0 amide bonds. The molecule has 2 nitrogen and oxygen atoms in total. The fourth-order valence-electron chi connectivity index (χ4n) is 1.61. The molecule has 0 saturated heterocycles. The van der Waals surface area contributed by atoms with Crippen LogP contribution in [-0.4, -0.2) is 16.8 Å². The molecule has 1 unspecified atom stereocenters. The van der Waals surface area contributed by atoms with Crippen LogP contribution in [0.4, 0.5) is 4.39 Å². The van der Waals surface area contributed by atoms with Crippen LogP contribution in [0.25, 0.3) is 10.9 Å². The number of nitrogens with two attached hydrogens (primary N) is 1. The van der Waals surface area contributed by atoms with Gasteiger partial charge in [-0.2, -0.15) is 11.8 Å². The summed E-state index contributed by atoms with van der Waals surface area (Å²) in [5, 5.41) is 0.991. The summed E-state index contributed by atoms with van der Waals surface area (Å²) in [6.45, 7) is 2.74. The van der Waals surface area contributed by atoms with Crippen LogP contribution < -0.4 is 5.73 Å². The highest BCUT2D eigenvalue weighted by molar-refractivity contribution is 7.99. The minimum Gasteiger partial charge on any atom is -0.329 e. The number of hydrogen-bond donors (Lipinski definition) is 1. The van der Waals surface area contributed by atoms with Crippen LogP contribution in [-0.2, 0) is 5.75 Å². The number of nitrogens with zero attached hydrogens (tertiary/aromatic N) is 1. The molecule has 0 aliphatic carbocycles. The molecule has 0 spiro atoms. The maximum Gasteiger partial charge on any atom is 0.132 e. The van der Waals surface area contributed by atoms with E-state index in [1.807, 2.05) is 0 Å². The van der Waals surface area contributed by atoms with Crippen molar-refractivity contribution in [2.75, 3.05) is 6.54 Å². The van der Waals surface area contributed by atoms with Crippen molar-refractivity contribution < 1.29 is 4.39 Å². The average Bonchev–Trinajstić information content (AvgIpc) is 2.38. The van der Waals surface area contributed by atoms with Crippen LogP contribution in [0, 0.1) is 5.82 Å². The topological polar surface area (TPSA) is 38.9 Å². The van der Waals surface area contributed by atoms with Crippen molar-refractivity contribution >= 4 is 22.7 Å². The number of pyridine rings is 1. The molecule has 0 fully saturated rings. The summed E-state index contributed by atoms with van der Waals surface area (Å²) >= 11 is 1.76. The lowest BCUT2D eigenvalue weighted by Crippen LogP contribution is -2.12. The first kappa shape index (κ1) is 12.3. The van der Waals surface area contributed by atoms with Gasteiger partial charge in [0.15, 0.2) is 0 Å². The van der Waals surface area contributed by atoms with Gasteiger partial charge >= 0.3 is 0 Å². The Balaban J connectivity index is 2.32. The van der Waals surface area contributed by atoms with Crippen LogP contribution in [0.1, 0.15) is 12.5 Å². The average molecular weight is 250 g/mol. The van der Waals surface area contributed by atoms with Crippen LogP contribution in [0.5, 0.6) is 0 Å². The van der Waals surface area contributed by atoms with Gasteiger partial charge in [0.25, 0.3) is 0 Å². The first-order valence-corrected chi connectivity index (χ1v) is 6.61. The highest BCUT2D eigenvalue weighted by atomic mass is 32.2. The van der Waals surface area contributed by atoms with Crippen molar-refractivity contribution in [3.8, 4) is 0 Å². The van der Waals surface area contributed by atoms with E-state index in [0.717, 1.165) is 16.8 Å². The van der Waals surface area contributed by atoms with Gasteiger partial charge in [-0.05, 0) is 23.8 Å². The summed E-state index contributed by atoms with van der Waals surface area (Å²) in [6.07, 6.45) is 1.70. The summed E-state index contributed by atoms with van der Waals surface area (Å²) in [4.78, 5) is 4.26. The maximum absolute atomic E-state index is 13.6. The smallest absolute Gasteiger partial charge is 0.132 e. The second-order valence-corrected chi connectivity index (χ2v) is 5.39. The fraction of sp³-hybridized carbons (Fsp3) is 0.308. The Bertz CT molecular complexity index is 516. The van der Waals surface area contributed by atoms with Gasteiger partial charge < -0.3 is 5.73 Å². The van der Waals surface area contributed by atoms with Gasteiger partial charge in [-0.1, -0.05) is 13.0 Å². The summed E-state index contributed by atoms with van der Waals surface area (Å²) in [5.41, 5.74) is 7.39. The molecule has 1 aromatic heterocycles. The van der Waals surface area contributed by atoms with Crippen molar-refractivity contribution in [1.82, 2.24) is 4.98 Å². The third kappa shape index (κ3) is 2.76. The van der Waals surface area contributed by atoms with E-state index in [-0.39, 0.29) is 5.82 Å². The van der Waals surface area contributed by atoms with Gasteiger partial charge in [-0.3, -0.25) is 4.98 Å². The first-order chi connectivity index (χ1) is 8.22. The second-order valence-electron chi connectivity index (χ2n) is 3.96. The number of fused-ring (bicyclic) bond motifs is 1. The largest absolute Gasteiger partial charge is 0.329 e. The number of thioether (sulfide) groups is 1. The van der Waals surface area contributed by atoms with E-state index in [2.05, 4.69) is 11.9 Å². The summed E-state index contributed by atoms with van der Waals surface area (Å²) in [6, 6.07) is 6.83. The van der Waals surface area contributed by atoms with Crippen LogP contribution in [0.15, 0.2) is 30.5 Å². The van der Waals surface area contributed by atoms with E-state index in [9.17, 15) is 4.39 Å². The Kier molecular flexibility index (Phi) is 3.97. The third-order valence-corrected chi connectivity index (χ3v) is 3.89. The Hall–Kier alpha value is -1.13. The number of hydrogen-bond acceptors (Lipinski definition) is 3. The van der Waals surface area contributed by atoms with Crippen molar-refractivity contribution in [1.29, 1.82) is 0 Å². The molecule has 0 saturated carbocycles. The van der Waals surface area contributed by atoms with Crippen LogP contribution >= 0.6 is 11.8 Å². The number of benzene rings is 1. The molecule has 0 aliphatic rings. The summed E-state index contributed by atoms with van der Waals surface area (Å²) in [5.74, 6) is 0.598. The monoisotopic (exact) mass is 250 g/mol. The minimum atomic E-state index is -0.214. The van der Waals surface area contributed by atoms with Gasteiger partial charge in [-0.15, -0.1) is 0 Å². The number of aromatic nitrogens is 1. The second kappa shape index (κ2) is 5.47. The zero-order valence-electron chi connectivity index (χ0n) is 9.69. The molecular weight excluding hydrogens is 235 g/mol. The number of halogens is 1. The van der Waals surface area contributed by atoms with E-state index in [1.165, 1.54) is 6.07 Å². The normalized spacial score (nSPS) is 12.9. The SMILES string of the molecule is CC(CN)SCc1ccc(F)c2cccnc12. The Labute approximate surface area is 104 Å². The molecule has 1 aromatic carbocycles. The first-order valence-electron chi connectivity index (χ1n) is 5.56. The highest BCUT2D eigenvalue weighted by Gasteiger charge is 2.08. The molecular formula is C13H15FN2S. The van der Waals surface area contributed by atoms with E-state index < -0.39 is 0 Å². The van der Waals surface area contributed by atoms with Gasteiger partial charge in [0.2, 0.25) is 0 Å². The molecule has 0 bridgehead atoms. The predicted octanol–water partition coefficient (Wildman–Crippen LogP) is 2.95. The van der Waals surface area contributed by atoms with Crippen molar-refractivity contribution in [3.05, 3.63) is 41.8 Å². The quantitative estimate of drug-likeness (QED) is 0.906. The fourth-order valence-corrected chi connectivity index (χ4v) is 2.45. The maximum atomic E-state index is 13.6. The van der Waals surface area contributed by atoms with Crippen LogP contribution in [0.2, 0.25) is 0 Å². The molecule has 1 heterocycles. The van der Waals surface area contributed by atoms with Gasteiger partial charge in [0.1, 0.15) is 5.82 Å². The Morgan fingerprint density at radius 3 is 3.00 bits per heavy atom. The highest BCUT2D eigenvalue weighted by Crippen LogP contribution is 2.24. The van der Waals surface area contributed by atoms with Crippen molar-refractivity contribution in [2.24, 2.45) is 5.73 Å². The Morgan fingerprint density at radius 2 is 2.24 bits per heavy atom. The standard InChI is InChI=1S/C13H15FN2S/c1-9(7-15)17-8-10-4-5-12(14)11-3-2-6-16-13(10)11/h2-6,9H,7-8,15H2,1H3. The molecule has 0 radical (unpaired) electrons. The van der Waals surface area contributed by atoms with Crippen LogP contribution in [0.3, 0.4) is 0 Å². The molecule has 1 atom stereocenters. The van der Waals surface area contributed by atoms with Crippen molar-refractivity contribution in [3.63, 3.8) is 0 Å². The van der Waals surface area contributed by atoms with Crippen molar-refractivity contribution in [2.45, 2.75) is 17.9 Å². The lowest BCUT2D eigenvalue weighted by Gasteiger charge is -2.10. The zero-order valence-corrected chi connectivity index (χ0v) is 10.5. The van der Waals surface area contributed by atoms with E-state index >= 15 is 0 Å². The third-order valence-electron chi connectivity index (χ3n) is 2.66. The van der Waals surface area contributed by atoms with Gasteiger partial charge in [0, 0.05) is 29.1 Å². The summed E-state index contributed by atoms with van der Waals surface area (Å²) in [7, 11) is 0. The summed E-state index contributed by atoms with van der Waals surface area (Å²) < 4.78 is 13.6. The molecule has 2 N–H and O–H groups in total. The van der Waals surface area contributed by atoms with E-state index in [1.54, 1.807) is 36.2 Å². The lowest BCUT2D eigenvalue weighted by atomic mass is 10.1. The number of rotatable bonds is 4. The lowest BCUT2D eigenvalue weighted by molar-refractivity contribution is 0.639. The van der Waals surface area contributed by atoms with Gasteiger partial charge in [0.05, 0.1) is 5.52 Å². The van der Waals surface area contributed by atoms with Gasteiger partial charge in [-0.25, -0.2) is 4.39 Å². The minimum absolute atomic E-state index is 0.214. The Morgan fingerprint density at radius 1 is 1.41 bits per heavy atom. The zero-order chi connectivity index (χ0) is 12.3. The molecule has 2 aromatic rings. The predicted molar refractivity (Wildman–Crippen MR) is 71.5 cm³/mol. The molecule has 4 heteroatoms. The molecule has 90 valence electrons.